The van der Waals surface area contributed by atoms with E-state index in [4.69, 9.17) is 9.15 Å². The Bertz CT molecular complexity index is 1510. The van der Waals surface area contributed by atoms with Crippen LogP contribution in [0.2, 0.25) is 0 Å². The Balaban J connectivity index is 1.57. The van der Waals surface area contributed by atoms with E-state index in [-0.39, 0.29) is 31.2 Å². The summed E-state index contributed by atoms with van der Waals surface area (Å²) in [5.74, 6) is -0.400. The maximum absolute atomic E-state index is 14.4. The molecule has 9 nitrogen and oxygen atoms in total. The molecule has 222 valence electrons. The van der Waals surface area contributed by atoms with E-state index in [1.165, 1.54) is 0 Å². The largest absolute Gasteiger partial charge is 0.482 e. The molecule has 0 bridgehead atoms. The SMILES string of the molecule is O=C(NCCO)C1=CC(Oc2ccccc2I)C(O)C(N(C(=O)c2cc3ccccc3oc2=O)C2CCCCCC2)C1. The van der Waals surface area contributed by atoms with E-state index in [9.17, 15) is 24.6 Å². The minimum atomic E-state index is -1.19. The van der Waals surface area contributed by atoms with Crippen molar-refractivity contribution in [3.05, 3.63) is 85.8 Å². The van der Waals surface area contributed by atoms with Crippen LogP contribution in [-0.4, -0.2) is 64.4 Å². The molecule has 2 aromatic carbocycles. The third-order valence-electron chi connectivity index (χ3n) is 8.00. The van der Waals surface area contributed by atoms with Gasteiger partial charge in [-0.3, -0.25) is 9.59 Å². The summed E-state index contributed by atoms with van der Waals surface area (Å²) in [5.41, 5.74) is -0.132. The summed E-state index contributed by atoms with van der Waals surface area (Å²) in [6, 6.07) is 14.8. The molecule has 3 atom stereocenters. The first-order valence-corrected chi connectivity index (χ1v) is 15.5. The van der Waals surface area contributed by atoms with Crippen LogP contribution in [-0.2, 0) is 4.79 Å². The Morgan fingerprint density at radius 2 is 1.76 bits per heavy atom. The Hall–Kier alpha value is -3.22. The van der Waals surface area contributed by atoms with Crippen LogP contribution >= 0.6 is 22.6 Å². The Morgan fingerprint density at radius 3 is 2.50 bits per heavy atom. The van der Waals surface area contributed by atoms with Crippen molar-refractivity contribution in [3.8, 4) is 5.75 Å². The van der Waals surface area contributed by atoms with Gasteiger partial charge in [0, 0.05) is 30.0 Å². The molecule has 3 aromatic rings. The van der Waals surface area contributed by atoms with Gasteiger partial charge in [0.2, 0.25) is 5.91 Å². The number of fused-ring (bicyclic) bond motifs is 1. The quantitative estimate of drug-likeness (QED) is 0.184. The van der Waals surface area contributed by atoms with E-state index >= 15 is 0 Å². The lowest BCUT2D eigenvalue weighted by Crippen LogP contribution is -2.58. The van der Waals surface area contributed by atoms with E-state index in [1.54, 1.807) is 47.4 Å². The number of aliphatic hydroxyl groups excluding tert-OH is 2. The van der Waals surface area contributed by atoms with Crippen LogP contribution in [0.4, 0.5) is 0 Å². The summed E-state index contributed by atoms with van der Waals surface area (Å²) in [4.78, 5) is 42.3. The lowest BCUT2D eigenvalue weighted by Gasteiger charge is -2.44. The Labute approximate surface area is 257 Å². The van der Waals surface area contributed by atoms with Crippen molar-refractivity contribution in [2.45, 2.75) is 69.2 Å². The van der Waals surface area contributed by atoms with E-state index in [1.807, 2.05) is 18.2 Å². The minimum absolute atomic E-state index is 0.0608. The molecular weight excluding hydrogens is 651 g/mol. The third-order valence-corrected chi connectivity index (χ3v) is 8.89. The van der Waals surface area contributed by atoms with Crippen LogP contribution in [0.1, 0.15) is 55.3 Å². The molecule has 3 unspecified atom stereocenters. The van der Waals surface area contributed by atoms with Crippen LogP contribution in [0.3, 0.4) is 0 Å². The standard InChI is InChI=1S/C32H35IN2O7/c33-24-12-6-8-14-27(24)41-28-19-21(30(38)34-15-16-36)18-25(29(28)37)35(22-10-3-1-2-4-11-22)31(39)23-17-20-9-5-7-13-26(20)42-32(23)40/h5-9,12-14,17,19,22,25,28-29,36-37H,1-4,10-11,15-16,18H2,(H,34,38). The van der Waals surface area contributed by atoms with Gasteiger partial charge in [0.15, 0.2) is 0 Å². The number of para-hydroxylation sites is 2. The first-order chi connectivity index (χ1) is 20.4. The van der Waals surface area contributed by atoms with Crippen molar-refractivity contribution in [1.29, 1.82) is 0 Å². The van der Waals surface area contributed by atoms with Crippen molar-refractivity contribution in [3.63, 3.8) is 0 Å². The summed E-state index contributed by atoms with van der Waals surface area (Å²) in [5, 5.41) is 24.4. The van der Waals surface area contributed by atoms with Gasteiger partial charge in [0.05, 0.1) is 16.2 Å². The zero-order chi connectivity index (χ0) is 29.6. The molecule has 2 amide bonds. The molecule has 3 N–H and O–H groups in total. The summed E-state index contributed by atoms with van der Waals surface area (Å²) < 4.78 is 12.6. The first-order valence-electron chi connectivity index (χ1n) is 14.4. The molecule has 2 aliphatic carbocycles. The molecular formula is C32H35IN2O7. The lowest BCUT2D eigenvalue weighted by atomic mass is 9.86. The number of nitrogens with one attached hydrogen (secondary N) is 1. The van der Waals surface area contributed by atoms with Crippen molar-refractivity contribution >= 4 is 45.4 Å². The second kappa shape index (κ2) is 13.8. The zero-order valence-electron chi connectivity index (χ0n) is 23.2. The molecule has 0 aliphatic heterocycles. The number of hydrogen-bond donors (Lipinski definition) is 3. The van der Waals surface area contributed by atoms with Gasteiger partial charge >= 0.3 is 5.63 Å². The number of carbonyl (C=O) groups is 2. The molecule has 42 heavy (non-hydrogen) atoms. The Kier molecular flexibility index (Phi) is 9.96. The predicted octanol–water partition coefficient (Wildman–Crippen LogP) is 4.18. The monoisotopic (exact) mass is 686 g/mol. The van der Waals surface area contributed by atoms with E-state index in [2.05, 4.69) is 27.9 Å². The molecule has 0 radical (unpaired) electrons. The molecule has 5 rings (SSSR count). The maximum Gasteiger partial charge on any atom is 0.349 e. The van der Waals surface area contributed by atoms with Crippen LogP contribution in [0.25, 0.3) is 11.0 Å². The number of hydrogen-bond acceptors (Lipinski definition) is 7. The molecule has 10 heteroatoms. The average Bonchev–Trinajstić information content (AvgIpc) is 3.28. The van der Waals surface area contributed by atoms with Gasteiger partial charge in [-0.05, 0) is 65.8 Å². The molecule has 1 fully saturated rings. The summed E-state index contributed by atoms with van der Waals surface area (Å²) in [6.07, 6.45) is 4.85. The van der Waals surface area contributed by atoms with Gasteiger partial charge in [-0.25, -0.2) is 4.79 Å². The van der Waals surface area contributed by atoms with Crippen LogP contribution in [0.5, 0.6) is 5.75 Å². The van der Waals surface area contributed by atoms with Gasteiger partial charge in [0.25, 0.3) is 5.91 Å². The maximum atomic E-state index is 14.4. The van der Waals surface area contributed by atoms with E-state index in [0.717, 1.165) is 29.3 Å². The second-order valence-corrected chi connectivity index (χ2v) is 12.0. The summed E-state index contributed by atoms with van der Waals surface area (Å²) in [7, 11) is 0. The fourth-order valence-electron chi connectivity index (χ4n) is 5.91. The van der Waals surface area contributed by atoms with E-state index in [0.29, 0.717) is 35.1 Å². The topological polar surface area (TPSA) is 129 Å². The molecule has 1 aromatic heterocycles. The average molecular weight is 687 g/mol. The van der Waals surface area contributed by atoms with Gasteiger partial charge in [0.1, 0.15) is 29.1 Å². The van der Waals surface area contributed by atoms with Gasteiger partial charge in [-0.1, -0.05) is 56.0 Å². The zero-order valence-corrected chi connectivity index (χ0v) is 25.4. The molecule has 2 aliphatic rings. The highest BCUT2D eigenvalue weighted by Gasteiger charge is 2.44. The van der Waals surface area contributed by atoms with E-state index < -0.39 is 35.7 Å². The lowest BCUT2D eigenvalue weighted by molar-refractivity contribution is -0.118. The third kappa shape index (κ3) is 6.71. The summed E-state index contributed by atoms with van der Waals surface area (Å²) >= 11 is 2.14. The van der Waals surface area contributed by atoms with Crippen molar-refractivity contribution < 1.29 is 29.0 Å². The second-order valence-electron chi connectivity index (χ2n) is 10.8. The number of nitrogens with zero attached hydrogens (tertiary/aromatic N) is 1. The van der Waals surface area contributed by atoms with Crippen LogP contribution < -0.4 is 15.7 Å². The minimum Gasteiger partial charge on any atom is -0.482 e. The predicted molar refractivity (Wildman–Crippen MR) is 166 cm³/mol. The van der Waals surface area contributed by atoms with Crippen molar-refractivity contribution in [2.75, 3.05) is 13.2 Å². The normalized spacial score (nSPS) is 21.3. The highest BCUT2D eigenvalue weighted by molar-refractivity contribution is 14.1. The van der Waals surface area contributed by atoms with Crippen molar-refractivity contribution in [1.82, 2.24) is 10.2 Å². The fourth-order valence-corrected chi connectivity index (χ4v) is 6.42. The first kappa shape index (κ1) is 30.2. The molecule has 0 saturated heterocycles. The number of rotatable bonds is 8. The van der Waals surface area contributed by atoms with Gasteiger partial charge < -0.3 is 29.6 Å². The molecule has 1 heterocycles. The van der Waals surface area contributed by atoms with Crippen LogP contribution in [0.15, 0.2) is 75.5 Å². The fraction of sp³-hybridized carbons (Fsp3) is 0.406. The highest BCUT2D eigenvalue weighted by atomic mass is 127. The number of ether oxygens (including phenoxy) is 1. The van der Waals surface area contributed by atoms with Gasteiger partial charge in [-0.15, -0.1) is 0 Å². The molecule has 1 saturated carbocycles. The number of amides is 2. The number of halogens is 1. The Morgan fingerprint density at radius 1 is 1.05 bits per heavy atom. The number of carbonyl (C=O) groups excluding carboxylic acids is 2. The van der Waals surface area contributed by atoms with Crippen molar-refractivity contribution in [2.24, 2.45) is 0 Å². The van der Waals surface area contributed by atoms with Crippen LogP contribution in [0, 0.1) is 3.57 Å². The van der Waals surface area contributed by atoms with Gasteiger partial charge in [-0.2, -0.15) is 0 Å². The number of aliphatic hydroxyl groups is 2. The summed E-state index contributed by atoms with van der Waals surface area (Å²) in [6.45, 7) is -0.160. The molecule has 0 spiro atoms. The smallest absolute Gasteiger partial charge is 0.349 e. The highest BCUT2D eigenvalue weighted by Crippen LogP contribution is 2.34. The number of benzene rings is 2.